The Balaban J connectivity index is 1.92. The normalized spacial score (nSPS) is 20.0. The lowest BCUT2D eigenvalue weighted by atomic mass is 10.0. The van der Waals surface area contributed by atoms with Gasteiger partial charge in [0, 0.05) is 12.3 Å². The van der Waals surface area contributed by atoms with Crippen molar-refractivity contribution in [3.8, 4) is 0 Å². The van der Waals surface area contributed by atoms with Gasteiger partial charge in [-0.05, 0) is 43.4 Å². The average Bonchev–Trinajstić information content (AvgIpc) is 2.49. The fraction of sp³-hybridized carbons (Fsp3) is 0.562. The summed E-state index contributed by atoms with van der Waals surface area (Å²) >= 11 is 0. The Kier molecular flexibility index (Phi) is 6.01. The molecule has 1 fully saturated rings. The van der Waals surface area contributed by atoms with Gasteiger partial charge in [0.2, 0.25) is 10.0 Å². The summed E-state index contributed by atoms with van der Waals surface area (Å²) in [5, 5.41) is 8.90. The van der Waals surface area contributed by atoms with Gasteiger partial charge in [0.15, 0.2) is 0 Å². The molecule has 7 heteroatoms. The van der Waals surface area contributed by atoms with Crippen LogP contribution in [0.4, 0.5) is 5.69 Å². The van der Waals surface area contributed by atoms with Crippen molar-refractivity contribution in [1.29, 1.82) is 0 Å². The first-order valence-electron chi connectivity index (χ1n) is 7.79. The molecule has 6 nitrogen and oxygen atoms in total. The number of anilines is 1. The van der Waals surface area contributed by atoms with Gasteiger partial charge in [-0.1, -0.05) is 19.1 Å². The van der Waals surface area contributed by atoms with E-state index in [9.17, 15) is 13.2 Å². The summed E-state index contributed by atoms with van der Waals surface area (Å²) < 4.78 is 32.3. The first-order chi connectivity index (χ1) is 10.9. The van der Waals surface area contributed by atoms with E-state index in [4.69, 9.17) is 9.84 Å². The number of aliphatic carboxylic acids is 1. The predicted molar refractivity (Wildman–Crippen MR) is 87.9 cm³/mol. The number of benzene rings is 1. The van der Waals surface area contributed by atoms with Gasteiger partial charge in [-0.2, -0.15) is 0 Å². The summed E-state index contributed by atoms with van der Waals surface area (Å²) in [6, 6.07) is 6.80. The highest BCUT2D eigenvalue weighted by molar-refractivity contribution is 7.92. The third kappa shape index (κ3) is 5.84. The fourth-order valence-corrected chi connectivity index (χ4v) is 3.89. The highest BCUT2D eigenvalue weighted by atomic mass is 32.2. The van der Waals surface area contributed by atoms with Crippen LogP contribution in [0.2, 0.25) is 0 Å². The van der Waals surface area contributed by atoms with Crippen LogP contribution in [-0.4, -0.2) is 38.0 Å². The van der Waals surface area contributed by atoms with Crippen molar-refractivity contribution in [2.75, 3.05) is 17.1 Å². The number of carboxylic acids is 1. The summed E-state index contributed by atoms with van der Waals surface area (Å²) in [6.45, 7) is 2.26. The van der Waals surface area contributed by atoms with Gasteiger partial charge in [-0.15, -0.1) is 0 Å². The maximum Gasteiger partial charge on any atom is 0.306 e. The van der Waals surface area contributed by atoms with Gasteiger partial charge in [-0.3, -0.25) is 9.52 Å². The Morgan fingerprint density at radius 1 is 1.35 bits per heavy atom. The molecule has 2 rings (SSSR count). The van der Waals surface area contributed by atoms with Crippen molar-refractivity contribution in [3.05, 3.63) is 29.8 Å². The van der Waals surface area contributed by atoms with Gasteiger partial charge < -0.3 is 9.84 Å². The number of sulfonamides is 1. The first kappa shape index (κ1) is 17.7. The molecule has 0 aliphatic carbocycles. The number of ether oxygens (including phenoxy) is 1. The molecule has 1 heterocycles. The minimum Gasteiger partial charge on any atom is -0.481 e. The lowest BCUT2D eigenvalue weighted by Crippen LogP contribution is -2.30. The molecule has 0 bridgehead atoms. The molecule has 128 valence electrons. The molecule has 2 atom stereocenters. The number of hydrogen-bond acceptors (Lipinski definition) is 4. The molecule has 1 saturated heterocycles. The third-order valence-corrected chi connectivity index (χ3v) is 5.23. The van der Waals surface area contributed by atoms with E-state index in [2.05, 4.69) is 4.72 Å². The van der Waals surface area contributed by atoms with Crippen LogP contribution in [0.25, 0.3) is 0 Å². The summed E-state index contributed by atoms with van der Waals surface area (Å²) in [7, 11) is -3.45. The Labute approximate surface area is 136 Å². The molecule has 23 heavy (non-hydrogen) atoms. The lowest BCUT2D eigenvalue weighted by molar-refractivity contribution is -0.141. The number of carboxylic acid groups (broad SMARTS) is 1. The molecule has 1 aromatic carbocycles. The van der Waals surface area contributed by atoms with Crippen LogP contribution in [0, 0.1) is 5.92 Å². The van der Waals surface area contributed by atoms with E-state index in [0.29, 0.717) is 18.7 Å². The van der Waals surface area contributed by atoms with Crippen LogP contribution in [-0.2, 0) is 26.0 Å². The number of rotatable bonds is 7. The largest absolute Gasteiger partial charge is 0.481 e. The van der Waals surface area contributed by atoms with E-state index in [-0.39, 0.29) is 11.9 Å². The van der Waals surface area contributed by atoms with E-state index in [0.717, 1.165) is 24.8 Å². The van der Waals surface area contributed by atoms with Crippen LogP contribution in [0.3, 0.4) is 0 Å². The van der Waals surface area contributed by atoms with E-state index >= 15 is 0 Å². The van der Waals surface area contributed by atoms with Crippen molar-refractivity contribution in [2.45, 2.75) is 38.7 Å². The van der Waals surface area contributed by atoms with Gasteiger partial charge in [0.1, 0.15) is 0 Å². The monoisotopic (exact) mass is 341 g/mol. The average molecular weight is 341 g/mol. The quantitative estimate of drug-likeness (QED) is 0.793. The number of carbonyl (C=O) groups is 1. The van der Waals surface area contributed by atoms with Crippen molar-refractivity contribution >= 4 is 21.7 Å². The van der Waals surface area contributed by atoms with Crippen molar-refractivity contribution < 1.29 is 23.1 Å². The zero-order valence-electron chi connectivity index (χ0n) is 13.2. The minimum absolute atomic E-state index is 0.0369. The maximum atomic E-state index is 12.2. The predicted octanol–water partition coefficient (Wildman–Crippen LogP) is 2.26. The van der Waals surface area contributed by atoms with Crippen LogP contribution in [0.15, 0.2) is 24.3 Å². The van der Waals surface area contributed by atoms with Gasteiger partial charge in [-0.25, -0.2) is 8.42 Å². The lowest BCUT2D eigenvalue weighted by Gasteiger charge is -2.22. The van der Waals surface area contributed by atoms with Gasteiger partial charge in [0.25, 0.3) is 0 Å². The number of hydrogen-bond donors (Lipinski definition) is 2. The van der Waals surface area contributed by atoms with Crippen molar-refractivity contribution in [3.63, 3.8) is 0 Å². The fourth-order valence-electron chi connectivity index (χ4n) is 2.55. The molecular weight excluding hydrogens is 318 g/mol. The Morgan fingerprint density at radius 2 is 2.04 bits per heavy atom. The second-order valence-corrected chi connectivity index (χ2v) is 7.78. The van der Waals surface area contributed by atoms with Crippen LogP contribution >= 0.6 is 0 Å². The summed E-state index contributed by atoms with van der Waals surface area (Å²) in [6.07, 6.45) is 2.93. The van der Waals surface area contributed by atoms with Gasteiger partial charge >= 0.3 is 5.97 Å². The molecule has 0 radical (unpaired) electrons. The Hall–Kier alpha value is -1.60. The third-order valence-electron chi connectivity index (χ3n) is 3.87. The SMILES string of the molecule is C[C@H](Cc1ccc(NS(=O)(=O)C[C@H]2CCCCO2)cc1)C(=O)O. The van der Waals surface area contributed by atoms with Crippen LogP contribution < -0.4 is 4.72 Å². The van der Waals surface area contributed by atoms with E-state index in [1.54, 1.807) is 31.2 Å². The molecule has 2 N–H and O–H groups in total. The van der Waals surface area contributed by atoms with Gasteiger partial charge in [0.05, 0.1) is 17.8 Å². The summed E-state index contributed by atoms with van der Waals surface area (Å²) in [4.78, 5) is 10.8. The molecule has 0 spiro atoms. The zero-order chi connectivity index (χ0) is 16.9. The Morgan fingerprint density at radius 3 is 2.61 bits per heavy atom. The van der Waals surface area contributed by atoms with Crippen molar-refractivity contribution in [2.24, 2.45) is 5.92 Å². The number of nitrogens with one attached hydrogen (secondary N) is 1. The highest BCUT2D eigenvalue weighted by Gasteiger charge is 2.22. The van der Waals surface area contributed by atoms with Crippen LogP contribution in [0.5, 0.6) is 0 Å². The summed E-state index contributed by atoms with van der Waals surface area (Å²) in [5.41, 5.74) is 1.34. The molecule has 0 aromatic heterocycles. The maximum absolute atomic E-state index is 12.2. The molecule has 1 aliphatic rings. The summed E-state index contributed by atoms with van der Waals surface area (Å²) in [5.74, 6) is -1.35. The van der Waals surface area contributed by atoms with Crippen LogP contribution in [0.1, 0.15) is 31.7 Å². The molecule has 1 aromatic rings. The minimum atomic E-state index is -3.45. The van der Waals surface area contributed by atoms with E-state index in [1.807, 2.05) is 0 Å². The Bertz CT molecular complexity index is 620. The topological polar surface area (TPSA) is 92.7 Å². The zero-order valence-corrected chi connectivity index (χ0v) is 14.0. The van der Waals surface area contributed by atoms with E-state index < -0.39 is 21.9 Å². The highest BCUT2D eigenvalue weighted by Crippen LogP contribution is 2.18. The molecule has 1 aliphatic heterocycles. The van der Waals surface area contributed by atoms with E-state index in [1.165, 1.54) is 0 Å². The van der Waals surface area contributed by atoms with Crippen molar-refractivity contribution in [1.82, 2.24) is 0 Å². The molecule has 0 amide bonds. The smallest absolute Gasteiger partial charge is 0.306 e. The second-order valence-electron chi connectivity index (χ2n) is 6.01. The molecule has 0 saturated carbocycles. The first-order valence-corrected chi connectivity index (χ1v) is 9.45. The second kappa shape index (κ2) is 7.79. The standard InChI is InChI=1S/C16H23NO5S/c1-12(16(18)19)10-13-5-7-14(8-6-13)17-23(20,21)11-15-4-2-3-9-22-15/h5-8,12,15,17H,2-4,9-11H2,1H3,(H,18,19)/t12-,15-/m1/s1. The molecular formula is C16H23NO5S. The molecule has 0 unspecified atom stereocenters.